The van der Waals surface area contributed by atoms with Crippen molar-refractivity contribution < 1.29 is 13.5 Å². The first-order valence-corrected chi connectivity index (χ1v) is 6.03. The smallest absolute Gasteiger partial charge is 0.168 e. The summed E-state index contributed by atoms with van der Waals surface area (Å²) in [7, 11) is 0. The lowest BCUT2D eigenvalue weighted by atomic mass is 10.1. The van der Waals surface area contributed by atoms with Gasteiger partial charge in [0, 0.05) is 12.1 Å². The van der Waals surface area contributed by atoms with E-state index < -0.39 is 11.6 Å². The zero-order chi connectivity index (χ0) is 14.0. The summed E-state index contributed by atoms with van der Waals surface area (Å²) in [6.07, 6.45) is 0. The van der Waals surface area contributed by atoms with Gasteiger partial charge in [0.05, 0.1) is 5.02 Å². The summed E-state index contributed by atoms with van der Waals surface area (Å²) >= 11 is 6.03. The average molecular weight is 284 g/mol. The monoisotopic (exact) mass is 283 g/mol. The highest BCUT2D eigenvalue weighted by atomic mass is 35.5. The van der Waals surface area contributed by atoms with E-state index in [0.717, 1.165) is 17.7 Å². The Bertz CT molecular complexity index is 602. The van der Waals surface area contributed by atoms with E-state index >= 15 is 0 Å². The lowest BCUT2D eigenvalue weighted by Crippen LogP contribution is -2.04. The second-order valence-electron chi connectivity index (χ2n) is 4.16. The van der Waals surface area contributed by atoms with Gasteiger partial charge in [-0.1, -0.05) is 17.7 Å². The molecule has 0 unspecified atom stereocenters. The number of benzene rings is 2. The van der Waals surface area contributed by atoms with Gasteiger partial charge in [0.1, 0.15) is 11.6 Å². The van der Waals surface area contributed by atoms with Crippen LogP contribution >= 0.6 is 11.6 Å². The van der Waals surface area contributed by atoms with Crippen molar-refractivity contribution in [1.29, 1.82) is 0 Å². The van der Waals surface area contributed by atoms with Gasteiger partial charge in [0.25, 0.3) is 0 Å². The summed E-state index contributed by atoms with van der Waals surface area (Å²) in [6.45, 7) is 1.83. The van der Waals surface area contributed by atoms with Crippen LogP contribution in [0, 0.1) is 11.6 Å². The Labute approximate surface area is 114 Å². The third kappa shape index (κ3) is 3.22. The molecule has 2 rings (SSSR count). The fraction of sp³-hybridized carbons (Fsp3) is 0.143. The maximum absolute atomic E-state index is 13.4. The zero-order valence-electron chi connectivity index (χ0n) is 10.2. The van der Waals surface area contributed by atoms with Crippen LogP contribution in [0.1, 0.15) is 18.5 Å². The van der Waals surface area contributed by atoms with E-state index in [4.69, 9.17) is 22.1 Å². The minimum Gasteiger partial charge on any atom is -0.453 e. The molecule has 0 aliphatic rings. The van der Waals surface area contributed by atoms with Crippen molar-refractivity contribution in [2.75, 3.05) is 0 Å². The Balaban J connectivity index is 2.28. The molecule has 0 spiro atoms. The second kappa shape index (κ2) is 5.55. The molecule has 5 heteroatoms. The minimum atomic E-state index is -0.785. The topological polar surface area (TPSA) is 35.2 Å². The Morgan fingerprint density at radius 1 is 1.11 bits per heavy atom. The molecule has 19 heavy (non-hydrogen) atoms. The summed E-state index contributed by atoms with van der Waals surface area (Å²) in [6, 6.07) is 7.91. The maximum atomic E-state index is 13.4. The van der Waals surface area contributed by atoms with Crippen molar-refractivity contribution >= 4 is 11.6 Å². The van der Waals surface area contributed by atoms with Gasteiger partial charge in [-0.05, 0) is 36.8 Å². The number of ether oxygens (including phenoxy) is 1. The van der Waals surface area contributed by atoms with Crippen molar-refractivity contribution in [3.05, 3.63) is 58.6 Å². The van der Waals surface area contributed by atoms with Crippen LogP contribution in [0.5, 0.6) is 11.5 Å². The van der Waals surface area contributed by atoms with Crippen molar-refractivity contribution in [3.63, 3.8) is 0 Å². The summed E-state index contributed by atoms with van der Waals surface area (Å²) in [5.74, 6) is -1.25. The lowest BCUT2D eigenvalue weighted by molar-refractivity contribution is 0.437. The first kappa shape index (κ1) is 13.8. The summed E-state index contributed by atoms with van der Waals surface area (Å²) in [5, 5.41) is 0.318. The predicted molar refractivity (Wildman–Crippen MR) is 70.5 cm³/mol. The zero-order valence-corrected chi connectivity index (χ0v) is 10.9. The number of rotatable bonds is 3. The molecule has 100 valence electrons. The fourth-order valence-electron chi connectivity index (χ4n) is 1.56. The molecule has 0 aliphatic carbocycles. The van der Waals surface area contributed by atoms with Gasteiger partial charge in [-0.15, -0.1) is 0 Å². The van der Waals surface area contributed by atoms with Crippen molar-refractivity contribution in [2.24, 2.45) is 5.73 Å². The highest BCUT2D eigenvalue weighted by Crippen LogP contribution is 2.32. The van der Waals surface area contributed by atoms with Gasteiger partial charge in [-0.2, -0.15) is 0 Å². The SMILES string of the molecule is C[C@@H](N)c1ccc(Oc2ccc(F)cc2F)c(Cl)c1. The molecule has 0 aliphatic heterocycles. The highest BCUT2D eigenvalue weighted by Gasteiger charge is 2.10. The fourth-order valence-corrected chi connectivity index (χ4v) is 1.79. The summed E-state index contributed by atoms with van der Waals surface area (Å²) in [4.78, 5) is 0. The normalized spacial score (nSPS) is 12.3. The standard InChI is InChI=1S/C14H12ClF2NO/c1-8(18)9-2-4-13(11(15)6-9)19-14-5-3-10(16)7-12(14)17/h2-8H,18H2,1H3/t8-/m1/s1. The summed E-state index contributed by atoms with van der Waals surface area (Å²) in [5.41, 5.74) is 6.57. The molecule has 1 atom stereocenters. The van der Waals surface area contributed by atoms with Crippen molar-refractivity contribution in [3.8, 4) is 11.5 Å². The van der Waals surface area contributed by atoms with Gasteiger partial charge in [0.2, 0.25) is 0 Å². The molecule has 0 fully saturated rings. The van der Waals surface area contributed by atoms with Crippen molar-refractivity contribution in [2.45, 2.75) is 13.0 Å². The van der Waals surface area contributed by atoms with Crippen LogP contribution in [-0.2, 0) is 0 Å². The van der Waals surface area contributed by atoms with Crippen LogP contribution < -0.4 is 10.5 Å². The molecule has 2 nitrogen and oxygen atoms in total. The van der Waals surface area contributed by atoms with Crippen LogP contribution in [0.4, 0.5) is 8.78 Å². The molecule has 0 amide bonds. The molecular weight excluding hydrogens is 272 g/mol. The molecule has 2 aromatic rings. The molecule has 0 bridgehead atoms. The Hall–Kier alpha value is -1.65. The molecule has 0 saturated heterocycles. The van der Waals surface area contributed by atoms with Crippen LogP contribution in [0.3, 0.4) is 0 Å². The van der Waals surface area contributed by atoms with Crippen LogP contribution in [-0.4, -0.2) is 0 Å². The average Bonchev–Trinajstić information content (AvgIpc) is 2.34. The minimum absolute atomic E-state index is 0.0863. The summed E-state index contributed by atoms with van der Waals surface area (Å²) < 4.78 is 31.5. The van der Waals surface area contributed by atoms with E-state index in [2.05, 4.69) is 0 Å². The molecule has 0 heterocycles. The van der Waals surface area contributed by atoms with E-state index in [1.807, 2.05) is 6.92 Å². The van der Waals surface area contributed by atoms with E-state index in [1.54, 1.807) is 18.2 Å². The maximum Gasteiger partial charge on any atom is 0.168 e. The number of nitrogens with two attached hydrogens (primary N) is 1. The molecule has 0 saturated carbocycles. The van der Waals surface area contributed by atoms with Gasteiger partial charge < -0.3 is 10.5 Å². The third-order valence-corrected chi connectivity index (χ3v) is 2.89. The first-order chi connectivity index (χ1) is 8.97. The van der Waals surface area contributed by atoms with E-state index in [1.165, 1.54) is 6.07 Å². The van der Waals surface area contributed by atoms with Crippen LogP contribution in [0.25, 0.3) is 0 Å². The van der Waals surface area contributed by atoms with Gasteiger partial charge in [-0.25, -0.2) is 8.78 Å². The van der Waals surface area contributed by atoms with Gasteiger partial charge >= 0.3 is 0 Å². The number of hydrogen-bond acceptors (Lipinski definition) is 2. The van der Waals surface area contributed by atoms with E-state index in [-0.39, 0.29) is 17.5 Å². The van der Waals surface area contributed by atoms with Gasteiger partial charge in [-0.3, -0.25) is 0 Å². The first-order valence-electron chi connectivity index (χ1n) is 5.65. The number of hydrogen-bond donors (Lipinski definition) is 1. The Morgan fingerprint density at radius 2 is 1.79 bits per heavy atom. The molecule has 2 N–H and O–H groups in total. The van der Waals surface area contributed by atoms with E-state index in [0.29, 0.717) is 5.02 Å². The lowest BCUT2D eigenvalue weighted by Gasteiger charge is -2.11. The van der Waals surface area contributed by atoms with Crippen LogP contribution in [0.2, 0.25) is 5.02 Å². The largest absolute Gasteiger partial charge is 0.453 e. The molecule has 2 aromatic carbocycles. The van der Waals surface area contributed by atoms with E-state index in [9.17, 15) is 8.78 Å². The highest BCUT2D eigenvalue weighted by molar-refractivity contribution is 6.32. The Kier molecular flexibility index (Phi) is 4.02. The van der Waals surface area contributed by atoms with Gasteiger partial charge in [0.15, 0.2) is 11.6 Å². The predicted octanol–water partition coefficient (Wildman–Crippen LogP) is 4.43. The number of halogens is 3. The Morgan fingerprint density at radius 3 is 2.37 bits per heavy atom. The second-order valence-corrected chi connectivity index (χ2v) is 4.56. The molecule has 0 aromatic heterocycles. The van der Waals surface area contributed by atoms with Crippen molar-refractivity contribution in [1.82, 2.24) is 0 Å². The quantitative estimate of drug-likeness (QED) is 0.904. The molecular formula is C14H12ClF2NO. The van der Waals surface area contributed by atoms with Crippen LogP contribution in [0.15, 0.2) is 36.4 Å². The molecule has 0 radical (unpaired) electrons. The third-order valence-electron chi connectivity index (χ3n) is 2.60.